The maximum atomic E-state index is 15.9. The fourth-order valence-corrected chi connectivity index (χ4v) is 6.85. The van der Waals surface area contributed by atoms with Gasteiger partial charge in [0.2, 0.25) is 0 Å². The number of halogens is 10. The van der Waals surface area contributed by atoms with Gasteiger partial charge in [-0.2, -0.15) is 0 Å². The number of hydrogen-bond donors (Lipinski definition) is 0. The van der Waals surface area contributed by atoms with Gasteiger partial charge in [0, 0.05) is 25.9 Å². The molecule has 1 fully saturated rings. The predicted octanol–water partition coefficient (Wildman–Crippen LogP) is 6.93. The van der Waals surface area contributed by atoms with Gasteiger partial charge in [0.1, 0.15) is 42.1 Å². The second kappa shape index (κ2) is 12.3. The summed E-state index contributed by atoms with van der Waals surface area (Å²) in [4.78, 5) is 0. The van der Waals surface area contributed by atoms with Crippen LogP contribution in [-0.2, 0) is 11.3 Å². The van der Waals surface area contributed by atoms with Crippen LogP contribution < -0.4 is 10.9 Å². The van der Waals surface area contributed by atoms with Gasteiger partial charge in [-0.15, -0.1) is 0 Å². The molecule has 2 aliphatic rings. The van der Waals surface area contributed by atoms with Crippen molar-refractivity contribution in [3.05, 3.63) is 94.1 Å². The summed E-state index contributed by atoms with van der Waals surface area (Å²) in [6.45, 7) is -0.326. The molecule has 43 heavy (non-hydrogen) atoms. The smallest absolute Gasteiger partial charge is 0.200 e. The van der Waals surface area contributed by atoms with Crippen LogP contribution in [0.1, 0.15) is 50.5 Å². The van der Waals surface area contributed by atoms with Gasteiger partial charge in [0.15, 0.2) is 41.3 Å². The topological polar surface area (TPSA) is 12.2 Å². The standard InChI is InChI=1S/C30H26BF10NO/c32-21-19(22(33)26(37)29(40)25(21)36)31(43-15-16-9-3-1-4-10-16,20-23(34)27(38)30(41)28(39)24(20)35)17-11-5-6-12-18(17)42-13-7-2-8-14-42/h1,3-4,9-10,13,17-18H,2,5-8,11-12,14-15H2/t17-,18-/m0/s1. The molecule has 230 valence electrons. The Hall–Kier alpha value is -3.35. The molecule has 1 aliphatic heterocycles. The van der Waals surface area contributed by atoms with Crippen molar-refractivity contribution in [1.82, 2.24) is 0 Å². The molecule has 0 amide bonds. The molecule has 1 heterocycles. The van der Waals surface area contributed by atoms with Crippen molar-refractivity contribution < 1.29 is 53.1 Å². The first-order chi connectivity index (χ1) is 20.5. The molecule has 1 aliphatic carbocycles. The van der Waals surface area contributed by atoms with Crippen LogP contribution in [0.15, 0.2) is 30.3 Å². The van der Waals surface area contributed by atoms with E-state index >= 15 is 17.6 Å². The zero-order valence-corrected chi connectivity index (χ0v) is 22.7. The van der Waals surface area contributed by atoms with Crippen LogP contribution in [0.5, 0.6) is 0 Å². The van der Waals surface area contributed by atoms with Crippen LogP contribution in [0.3, 0.4) is 0 Å². The molecule has 3 aromatic rings. The Morgan fingerprint density at radius 1 is 0.605 bits per heavy atom. The first-order valence-electron chi connectivity index (χ1n) is 14.0. The van der Waals surface area contributed by atoms with Crippen molar-refractivity contribution in [2.45, 2.75) is 63.4 Å². The van der Waals surface area contributed by atoms with Crippen molar-refractivity contribution >= 4 is 23.5 Å². The van der Waals surface area contributed by atoms with E-state index in [-0.39, 0.29) is 24.8 Å². The lowest BCUT2D eigenvalue weighted by Gasteiger charge is -2.52. The molecular formula is C30H26BF10NO. The maximum absolute atomic E-state index is 15.9. The molecule has 2 nitrogen and oxygen atoms in total. The minimum absolute atomic E-state index is 0.136. The van der Waals surface area contributed by atoms with Crippen LogP contribution in [0.25, 0.3) is 0 Å². The highest BCUT2D eigenvalue weighted by molar-refractivity contribution is 6.98. The van der Waals surface area contributed by atoms with E-state index in [1.165, 1.54) is 24.3 Å². The minimum Gasteiger partial charge on any atom is -0.579 e. The van der Waals surface area contributed by atoms with E-state index in [0.717, 1.165) is 6.42 Å². The van der Waals surface area contributed by atoms with E-state index in [1.807, 2.05) is 0 Å². The summed E-state index contributed by atoms with van der Waals surface area (Å²) in [5.41, 5.74) is -3.27. The van der Waals surface area contributed by atoms with E-state index in [9.17, 15) is 26.3 Å². The maximum Gasteiger partial charge on any atom is 0.200 e. The Bertz CT molecular complexity index is 1440. The van der Waals surface area contributed by atoms with Gasteiger partial charge in [-0.1, -0.05) is 59.9 Å². The van der Waals surface area contributed by atoms with Gasteiger partial charge in [0.25, 0.3) is 0 Å². The second-order valence-electron chi connectivity index (χ2n) is 11.0. The molecule has 1 saturated carbocycles. The van der Waals surface area contributed by atoms with Gasteiger partial charge >= 0.3 is 0 Å². The van der Waals surface area contributed by atoms with Crippen LogP contribution in [-0.4, -0.2) is 29.7 Å². The first-order valence-corrected chi connectivity index (χ1v) is 14.0. The molecule has 2 atom stereocenters. The Morgan fingerprint density at radius 3 is 1.58 bits per heavy atom. The average Bonchev–Trinajstić information content (AvgIpc) is 3.04. The lowest BCUT2D eigenvalue weighted by atomic mass is 9.22. The summed E-state index contributed by atoms with van der Waals surface area (Å²) in [5, 5.41) is 0. The zero-order chi connectivity index (χ0) is 31.1. The molecule has 0 spiro atoms. The molecule has 0 saturated heterocycles. The molecule has 0 unspecified atom stereocenters. The Labute approximate surface area is 240 Å². The van der Waals surface area contributed by atoms with Crippen LogP contribution >= 0.6 is 0 Å². The fourth-order valence-electron chi connectivity index (χ4n) is 6.85. The molecule has 0 bridgehead atoms. The lowest BCUT2D eigenvalue weighted by molar-refractivity contribution is -0.570. The molecule has 3 aromatic carbocycles. The molecule has 13 heteroatoms. The third-order valence-electron chi connectivity index (χ3n) is 8.75. The summed E-state index contributed by atoms with van der Waals surface area (Å²) in [7, 11) is 0. The van der Waals surface area contributed by atoms with Gasteiger partial charge < -0.3 is 4.65 Å². The van der Waals surface area contributed by atoms with E-state index in [0.29, 0.717) is 25.8 Å². The highest BCUT2D eigenvalue weighted by atomic mass is 19.2. The Morgan fingerprint density at radius 2 is 1.09 bits per heavy atom. The van der Waals surface area contributed by atoms with Crippen molar-refractivity contribution in [1.29, 1.82) is 0 Å². The highest BCUT2D eigenvalue weighted by Gasteiger charge is 2.53. The van der Waals surface area contributed by atoms with Crippen molar-refractivity contribution in [3.63, 3.8) is 0 Å². The molecule has 0 aromatic heterocycles. The largest absolute Gasteiger partial charge is 0.579 e. The van der Waals surface area contributed by atoms with E-state index < -0.39 is 93.9 Å². The second-order valence-corrected chi connectivity index (χ2v) is 11.0. The van der Waals surface area contributed by atoms with Crippen molar-refractivity contribution in [2.75, 3.05) is 6.54 Å². The summed E-state index contributed by atoms with van der Waals surface area (Å²) in [6.07, 6.45) is 0.271. The van der Waals surface area contributed by atoms with Gasteiger partial charge in [-0.05, 0) is 18.4 Å². The molecule has 0 N–H and O–H groups in total. The van der Waals surface area contributed by atoms with Crippen molar-refractivity contribution in [3.8, 4) is 0 Å². The molecule has 0 radical (unpaired) electrons. The number of nitrogens with zero attached hydrogens (tertiary/aromatic N) is 1. The summed E-state index contributed by atoms with van der Waals surface area (Å²) < 4.78 is 159. The summed E-state index contributed by atoms with van der Waals surface area (Å²) >= 11 is 0. The van der Waals surface area contributed by atoms with Gasteiger partial charge in [-0.3, -0.25) is 0 Å². The quantitative estimate of drug-likeness (QED) is 0.0921. The summed E-state index contributed by atoms with van der Waals surface area (Å²) in [6, 6.07) is 6.70. The van der Waals surface area contributed by atoms with E-state index in [1.54, 1.807) is 16.9 Å². The Kier molecular flexibility index (Phi) is 8.92. The fraction of sp³-hybridized carbons (Fsp3) is 0.367. The minimum atomic E-state index is -4.41. The SMILES string of the molecule is Fc1c(F)c(F)c([B-](OCc2ccccc2)(c2c(F)c(F)c(F)c(F)c2F)[C@H]2CCCC[C@@H]2[N+]2=CCCCC2)c(F)c1F. The number of benzene rings is 3. The third kappa shape index (κ3) is 5.23. The summed E-state index contributed by atoms with van der Waals surface area (Å²) in [5.74, 6) is -26.2. The van der Waals surface area contributed by atoms with Crippen LogP contribution in [0.2, 0.25) is 5.82 Å². The average molecular weight is 617 g/mol. The van der Waals surface area contributed by atoms with Crippen LogP contribution in [0, 0.1) is 58.2 Å². The third-order valence-corrected chi connectivity index (χ3v) is 8.75. The van der Waals surface area contributed by atoms with Gasteiger partial charge in [0.05, 0.1) is 0 Å². The zero-order valence-electron chi connectivity index (χ0n) is 22.7. The van der Waals surface area contributed by atoms with Crippen molar-refractivity contribution in [2.24, 2.45) is 0 Å². The molecule has 5 rings (SSSR count). The number of hydrogen-bond acceptors (Lipinski definition) is 1. The molecular weight excluding hydrogens is 591 g/mol. The van der Waals surface area contributed by atoms with E-state index in [2.05, 4.69) is 0 Å². The first kappa shape index (κ1) is 31.1. The monoisotopic (exact) mass is 617 g/mol. The van der Waals surface area contributed by atoms with Crippen LogP contribution in [0.4, 0.5) is 43.9 Å². The number of rotatable bonds is 7. The normalized spacial score (nSPS) is 19.4. The van der Waals surface area contributed by atoms with E-state index in [4.69, 9.17) is 4.65 Å². The van der Waals surface area contributed by atoms with Gasteiger partial charge in [-0.25, -0.2) is 48.5 Å². The predicted molar refractivity (Wildman–Crippen MR) is 140 cm³/mol. The Balaban J connectivity index is 1.94. The lowest BCUT2D eigenvalue weighted by Crippen LogP contribution is -2.71. The highest BCUT2D eigenvalue weighted by Crippen LogP contribution is 2.42.